The lowest BCUT2D eigenvalue weighted by atomic mass is 10.2. The van der Waals surface area contributed by atoms with Crippen LogP contribution >= 0.6 is 8.03 Å². The molecule has 0 aliphatic rings. The van der Waals surface area contributed by atoms with Crippen molar-refractivity contribution in [2.75, 3.05) is 6.61 Å². The van der Waals surface area contributed by atoms with Gasteiger partial charge in [-0.3, -0.25) is 9.59 Å². The number of rotatable bonds is 6. The fourth-order valence-electron chi connectivity index (χ4n) is 1.01. The second-order valence-electron chi connectivity index (χ2n) is 3.12. The Balaban J connectivity index is 2.59. The normalized spacial score (nSPS) is 11.2. The van der Waals surface area contributed by atoms with Crippen LogP contribution in [0.3, 0.4) is 0 Å². The van der Waals surface area contributed by atoms with E-state index in [1.54, 1.807) is 30.3 Å². The van der Waals surface area contributed by atoms with E-state index in [0.29, 0.717) is 5.30 Å². The van der Waals surface area contributed by atoms with Gasteiger partial charge in [-0.2, -0.15) is 0 Å². The van der Waals surface area contributed by atoms with Crippen molar-refractivity contribution in [2.45, 2.75) is 0 Å². The predicted molar refractivity (Wildman–Crippen MR) is 58.4 cm³/mol. The van der Waals surface area contributed by atoms with Crippen LogP contribution in [-0.2, 0) is 18.7 Å². The van der Waals surface area contributed by atoms with Gasteiger partial charge in [0.05, 0.1) is 0 Å². The molecule has 1 atom stereocenters. The van der Waals surface area contributed by atoms with Gasteiger partial charge in [-0.05, 0) is 16.7 Å². The first kappa shape index (κ1) is 13.3. The Morgan fingerprint density at radius 2 is 1.71 bits per heavy atom. The van der Waals surface area contributed by atoms with Gasteiger partial charge in [0.2, 0.25) is 5.30 Å². The Kier molecular flexibility index (Phi) is 4.75. The number of carbonyl (C=O) groups is 2. The average Bonchev–Trinajstić information content (AvgIpc) is 2.29. The molecule has 1 aromatic carbocycles. The molecule has 1 aromatic rings. The van der Waals surface area contributed by atoms with Crippen LogP contribution in [0.4, 0.5) is 0 Å². The minimum absolute atomic E-state index is 0.386. The maximum atomic E-state index is 11.5. The van der Waals surface area contributed by atoms with E-state index in [0.717, 1.165) is 0 Å². The molecular formula is C10H10O6P+. The average molecular weight is 257 g/mol. The zero-order chi connectivity index (χ0) is 12.8. The van der Waals surface area contributed by atoms with E-state index >= 15 is 0 Å². The first-order chi connectivity index (χ1) is 8.02. The molecule has 7 heteroatoms. The molecule has 1 rings (SSSR count). The summed E-state index contributed by atoms with van der Waals surface area (Å²) >= 11 is 0. The highest BCUT2D eigenvalue weighted by Gasteiger charge is 2.31. The van der Waals surface area contributed by atoms with Crippen LogP contribution in [0.2, 0.25) is 0 Å². The summed E-state index contributed by atoms with van der Waals surface area (Å²) in [5.41, 5.74) is 0. The van der Waals surface area contributed by atoms with Crippen LogP contribution in [-0.4, -0.2) is 28.8 Å². The third-order valence-electron chi connectivity index (χ3n) is 1.92. The number of carboxylic acids is 2. The largest absolute Gasteiger partial charge is 0.548 e. The van der Waals surface area contributed by atoms with Crippen LogP contribution in [0.15, 0.2) is 30.3 Å². The molecule has 0 aromatic heterocycles. The van der Waals surface area contributed by atoms with Crippen LogP contribution in [0.5, 0.6) is 0 Å². The number of benzene rings is 1. The van der Waals surface area contributed by atoms with Crippen molar-refractivity contribution in [3.8, 4) is 0 Å². The number of carboxylic acid groups (broad SMARTS) is 2. The topological polar surface area (TPSA) is 101 Å². The van der Waals surface area contributed by atoms with Crippen molar-refractivity contribution in [3.05, 3.63) is 30.3 Å². The molecule has 0 saturated heterocycles. The fourth-order valence-corrected chi connectivity index (χ4v) is 1.86. The summed E-state index contributed by atoms with van der Waals surface area (Å²) < 4.78 is 16.3. The molecular weight excluding hydrogens is 247 g/mol. The minimum atomic E-state index is -2.23. The highest BCUT2D eigenvalue weighted by Crippen LogP contribution is 2.22. The summed E-state index contributed by atoms with van der Waals surface area (Å²) in [5, 5.41) is 17.5. The van der Waals surface area contributed by atoms with Gasteiger partial charge in [0, 0.05) is 0 Å². The molecule has 2 N–H and O–H groups in total. The first-order valence-electron chi connectivity index (χ1n) is 4.63. The highest BCUT2D eigenvalue weighted by molar-refractivity contribution is 7.48. The SMILES string of the molecule is O=C(O)C(CO[P+](=O)c1ccccc1)C(=O)O. The second-order valence-corrected chi connectivity index (χ2v) is 4.41. The number of hydrogen-bond acceptors (Lipinski definition) is 4. The molecule has 0 radical (unpaired) electrons. The summed E-state index contributed by atoms with van der Waals surface area (Å²) in [6.07, 6.45) is 0. The van der Waals surface area contributed by atoms with E-state index in [2.05, 4.69) is 0 Å². The fraction of sp³-hybridized carbons (Fsp3) is 0.200. The Morgan fingerprint density at radius 3 is 2.18 bits per heavy atom. The minimum Gasteiger partial charge on any atom is -0.481 e. The molecule has 0 spiro atoms. The van der Waals surface area contributed by atoms with Crippen LogP contribution in [0, 0.1) is 5.92 Å². The van der Waals surface area contributed by atoms with Crippen molar-refractivity contribution >= 4 is 25.3 Å². The Bertz CT molecular complexity index is 416. The highest BCUT2D eigenvalue weighted by atomic mass is 31.1. The maximum Gasteiger partial charge on any atom is 0.548 e. The Labute approximate surface area is 97.7 Å². The molecule has 0 amide bonds. The van der Waals surface area contributed by atoms with Gasteiger partial charge >= 0.3 is 20.0 Å². The lowest BCUT2D eigenvalue weighted by Gasteiger charge is -2.01. The molecule has 1 unspecified atom stereocenters. The summed E-state index contributed by atoms with van der Waals surface area (Å²) in [6, 6.07) is 8.13. The Morgan fingerprint density at radius 1 is 1.18 bits per heavy atom. The van der Waals surface area contributed by atoms with E-state index in [9.17, 15) is 14.2 Å². The Hall–Kier alpha value is -1.78. The molecule has 0 saturated carbocycles. The third-order valence-corrected chi connectivity index (χ3v) is 3.03. The third kappa shape index (κ3) is 3.94. The molecule has 0 aliphatic carbocycles. The zero-order valence-corrected chi connectivity index (χ0v) is 9.54. The molecule has 0 heterocycles. The van der Waals surface area contributed by atoms with Gasteiger partial charge in [0.15, 0.2) is 5.92 Å². The summed E-state index contributed by atoms with van der Waals surface area (Å²) in [5.74, 6) is -4.75. The molecule has 0 fully saturated rings. The first-order valence-corrected chi connectivity index (χ1v) is 5.81. The van der Waals surface area contributed by atoms with E-state index in [-0.39, 0.29) is 0 Å². The van der Waals surface area contributed by atoms with Gasteiger partial charge in [0.25, 0.3) is 0 Å². The van der Waals surface area contributed by atoms with Crippen LogP contribution < -0.4 is 5.30 Å². The van der Waals surface area contributed by atoms with E-state index < -0.39 is 32.5 Å². The molecule has 17 heavy (non-hydrogen) atoms. The van der Waals surface area contributed by atoms with Crippen molar-refractivity contribution in [1.29, 1.82) is 0 Å². The number of hydrogen-bond donors (Lipinski definition) is 2. The van der Waals surface area contributed by atoms with Crippen LogP contribution in [0.1, 0.15) is 0 Å². The van der Waals surface area contributed by atoms with Crippen molar-refractivity contribution in [3.63, 3.8) is 0 Å². The van der Waals surface area contributed by atoms with E-state index in [1.807, 2.05) is 0 Å². The summed E-state index contributed by atoms with van der Waals surface area (Å²) in [6.45, 7) is -0.630. The molecule has 90 valence electrons. The lowest BCUT2D eigenvalue weighted by molar-refractivity contribution is -0.155. The standard InChI is InChI=1S/C10H9O6P/c11-9(12)8(10(13)14)6-16-17(15)7-4-2-1-3-5-7/h1-5,8H,6H2,(H-,11,12,13,14)/p+1. The zero-order valence-electron chi connectivity index (χ0n) is 8.65. The maximum absolute atomic E-state index is 11.5. The van der Waals surface area contributed by atoms with E-state index in [4.69, 9.17) is 14.7 Å². The monoisotopic (exact) mass is 257 g/mol. The predicted octanol–water partition coefficient (Wildman–Crippen LogP) is 0.856. The van der Waals surface area contributed by atoms with Crippen LogP contribution in [0.25, 0.3) is 0 Å². The molecule has 0 aliphatic heterocycles. The second kappa shape index (κ2) is 6.08. The van der Waals surface area contributed by atoms with Gasteiger partial charge in [0.1, 0.15) is 6.61 Å². The molecule has 0 bridgehead atoms. The number of aliphatic carboxylic acids is 2. The summed E-state index contributed by atoms with van der Waals surface area (Å²) in [7, 11) is -2.23. The van der Waals surface area contributed by atoms with Crippen molar-refractivity contribution in [1.82, 2.24) is 0 Å². The summed E-state index contributed by atoms with van der Waals surface area (Å²) in [4.78, 5) is 21.1. The van der Waals surface area contributed by atoms with Gasteiger partial charge in [-0.25, -0.2) is 0 Å². The van der Waals surface area contributed by atoms with E-state index in [1.165, 1.54) is 0 Å². The van der Waals surface area contributed by atoms with Gasteiger partial charge in [-0.15, -0.1) is 4.52 Å². The van der Waals surface area contributed by atoms with Crippen molar-refractivity contribution < 1.29 is 28.9 Å². The lowest BCUT2D eigenvalue weighted by Crippen LogP contribution is -2.27. The quantitative estimate of drug-likeness (QED) is 0.579. The van der Waals surface area contributed by atoms with Gasteiger partial charge in [-0.1, -0.05) is 18.2 Å². The molecule has 6 nitrogen and oxygen atoms in total. The van der Waals surface area contributed by atoms with Crippen molar-refractivity contribution in [2.24, 2.45) is 5.92 Å². The smallest absolute Gasteiger partial charge is 0.481 e. The van der Waals surface area contributed by atoms with Gasteiger partial charge < -0.3 is 10.2 Å².